The van der Waals surface area contributed by atoms with Crippen molar-refractivity contribution in [3.05, 3.63) is 79.2 Å². The predicted molar refractivity (Wildman–Crippen MR) is 138 cm³/mol. The van der Waals surface area contributed by atoms with E-state index in [0.29, 0.717) is 22.2 Å². The fourth-order valence-electron chi connectivity index (χ4n) is 4.15. The lowest BCUT2D eigenvalue weighted by atomic mass is 9.93. The average Bonchev–Trinajstić information content (AvgIpc) is 3.61. The van der Waals surface area contributed by atoms with E-state index in [0.717, 1.165) is 44.8 Å². The van der Waals surface area contributed by atoms with Gasteiger partial charge in [0.15, 0.2) is 0 Å². The first kappa shape index (κ1) is 24.1. The van der Waals surface area contributed by atoms with E-state index in [2.05, 4.69) is 26.6 Å². The highest BCUT2D eigenvalue weighted by molar-refractivity contribution is 9.10. The molecule has 4 rings (SSSR count). The summed E-state index contributed by atoms with van der Waals surface area (Å²) >= 11 is 16.0. The van der Waals surface area contributed by atoms with Crippen molar-refractivity contribution < 1.29 is 9.59 Å². The summed E-state index contributed by atoms with van der Waals surface area (Å²) < 4.78 is 0.927. The standard InChI is InChI=1S/C26H25BrCl2N2O2/c1-14-19-5-3-4-6-20(19)24(15(2)25(14)27)26(33)30-13-17(12-23(32)31-18-8-9-18)16-7-10-21(28)22(29)11-16/h3-7,10-11,17-18H,8-9,12-13H2,1-2H3,(H,30,33)(H,31,32)/t17-/m1/s1. The first-order chi connectivity index (χ1) is 15.8. The summed E-state index contributed by atoms with van der Waals surface area (Å²) in [5.74, 6) is -0.428. The number of carbonyl (C=O) groups excluding carboxylic acids is 2. The maximum atomic E-state index is 13.4. The van der Waals surface area contributed by atoms with Gasteiger partial charge in [-0.05, 0) is 66.3 Å². The molecule has 4 nitrogen and oxygen atoms in total. The van der Waals surface area contributed by atoms with Crippen LogP contribution >= 0.6 is 39.1 Å². The molecule has 33 heavy (non-hydrogen) atoms. The minimum atomic E-state index is -0.233. The zero-order chi connectivity index (χ0) is 23.7. The van der Waals surface area contributed by atoms with Gasteiger partial charge in [-0.2, -0.15) is 0 Å². The van der Waals surface area contributed by atoms with Gasteiger partial charge in [0.05, 0.1) is 15.6 Å². The van der Waals surface area contributed by atoms with Gasteiger partial charge in [-0.15, -0.1) is 0 Å². The number of hydrogen-bond acceptors (Lipinski definition) is 2. The van der Waals surface area contributed by atoms with Gasteiger partial charge in [0.25, 0.3) is 5.91 Å². The van der Waals surface area contributed by atoms with Crippen LogP contribution in [-0.4, -0.2) is 24.4 Å². The van der Waals surface area contributed by atoms with Crippen LogP contribution in [0.15, 0.2) is 46.9 Å². The third-order valence-electron chi connectivity index (χ3n) is 6.16. The smallest absolute Gasteiger partial charge is 0.252 e. The molecule has 0 heterocycles. The van der Waals surface area contributed by atoms with E-state index < -0.39 is 0 Å². The highest BCUT2D eigenvalue weighted by Gasteiger charge is 2.26. The second kappa shape index (κ2) is 10.0. The number of amides is 2. The SMILES string of the molecule is Cc1c(Br)c(C)c2ccccc2c1C(=O)NC[C@@H](CC(=O)NC1CC1)c1ccc(Cl)c(Cl)c1. The second-order valence-corrected chi connectivity index (χ2v) is 10.2. The first-order valence-corrected chi connectivity index (χ1v) is 12.5. The number of halogens is 3. The molecule has 7 heteroatoms. The van der Waals surface area contributed by atoms with E-state index in [-0.39, 0.29) is 30.2 Å². The summed E-state index contributed by atoms with van der Waals surface area (Å²) in [5.41, 5.74) is 3.49. The Morgan fingerprint density at radius 2 is 1.73 bits per heavy atom. The molecule has 3 aromatic rings. The number of carbonyl (C=O) groups is 2. The summed E-state index contributed by atoms with van der Waals surface area (Å²) in [4.78, 5) is 26.0. The minimum Gasteiger partial charge on any atom is -0.353 e. The molecule has 0 radical (unpaired) electrons. The molecule has 0 aliphatic heterocycles. The monoisotopic (exact) mass is 546 g/mol. The van der Waals surface area contributed by atoms with Gasteiger partial charge in [0.2, 0.25) is 5.91 Å². The molecule has 1 fully saturated rings. The molecule has 2 amide bonds. The number of benzene rings is 3. The van der Waals surface area contributed by atoms with Gasteiger partial charge in [0.1, 0.15) is 0 Å². The maximum Gasteiger partial charge on any atom is 0.252 e. The number of nitrogens with one attached hydrogen (secondary N) is 2. The lowest BCUT2D eigenvalue weighted by Gasteiger charge is -2.20. The Balaban J connectivity index is 1.60. The average molecular weight is 548 g/mol. The molecule has 0 unspecified atom stereocenters. The van der Waals surface area contributed by atoms with Gasteiger partial charge >= 0.3 is 0 Å². The lowest BCUT2D eigenvalue weighted by Crippen LogP contribution is -2.33. The van der Waals surface area contributed by atoms with Crippen LogP contribution in [0.25, 0.3) is 10.8 Å². The first-order valence-electron chi connectivity index (χ1n) is 11.0. The molecule has 0 spiro atoms. The molecule has 0 saturated heterocycles. The molecule has 1 atom stereocenters. The van der Waals surface area contributed by atoms with Crippen molar-refractivity contribution in [1.29, 1.82) is 0 Å². The van der Waals surface area contributed by atoms with Crippen LogP contribution in [0.1, 0.15) is 52.2 Å². The van der Waals surface area contributed by atoms with Crippen molar-refractivity contribution in [2.75, 3.05) is 6.54 Å². The Kier molecular flexibility index (Phi) is 7.32. The van der Waals surface area contributed by atoms with Crippen LogP contribution in [0.4, 0.5) is 0 Å². The van der Waals surface area contributed by atoms with Gasteiger partial charge in [-0.1, -0.05) is 69.5 Å². The molecule has 2 N–H and O–H groups in total. The van der Waals surface area contributed by atoms with Crippen LogP contribution < -0.4 is 10.6 Å². The topological polar surface area (TPSA) is 58.2 Å². The Bertz CT molecular complexity index is 1240. The Hall–Kier alpha value is -2.08. The van der Waals surface area contributed by atoms with Crippen molar-refractivity contribution in [1.82, 2.24) is 10.6 Å². The normalized spacial score (nSPS) is 14.2. The van der Waals surface area contributed by atoms with Gasteiger partial charge in [-0.3, -0.25) is 9.59 Å². The van der Waals surface area contributed by atoms with Crippen molar-refractivity contribution in [2.24, 2.45) is 0 Å². The molecule has 3 aromatic carbocycles. The second-order valence-electron chi connectivity index (χ2n) is 8.61. The summed E-state index contributed by atoms with van der Waals surface area (Å²) in [6, 6.07) is 13.5. The summed E-state index contributed by atoms with van der Waals surface area (Å²) in [7, 11) is 0. The fraction of sp³-hybridized carbons (Fsp3) is 0.308. The van der Waals surface area contributed by atoms with Crippen molar-refractivity contribution in [2.45, 2.75) is 45.1 Å². The van der Waals surface area contributed by atoms with Crippen molar-refractivity contribution in [3.8, 4) is 0 Å². The van der Waals surface area contributed by atoms with Crippen molar-refractivity contribution in [3.63, 3.8) is 0 Å². The maximum absolute atomic E-state index is 13.4. The molecular weight excluding hydrogens is 523 g/mol. The molecule has 1 aliphatic rings. The summed E-state index contributed by atoms with van der Waals surface area (Å²) in [5, 5.41) is 8.92. The van der Waals surface area contributed by atoms with Crippen LogP contribution in [0.2, 0.25) is 10.0 Å². The highest BCUT2D eigenvalue weighted by atomic mass is 79.9. The fourth-order valence-corrected chi connectivity index (χ4v) is 4.87. The molecule has 1 saturated carbocycles. The van der Waals surface area contributed by atoms with Crippen LogP contribution in [0, 0.1) is 13.8 Å². The van der Waals surface area contributed by atoms with Crippen LogP contribution in [0.5, 0.6) is 0 Å². The minimum absolute atomic E-state index is 0.0254. The van der Waals surface area contributed by atoms with E-state index in [1.807, 2.05) is 44.2 Å². The van der Waals surface area contributed by atoms with E-state index >= 15 is 0 Å². The number of aryl methyl sites for hydroxylation is 1. The van der Waals surface area contributed by atoms with Crippen LogP contribution in [-0.2, 0) is 4.79 Å². The molecule has 0 bridgehead atoms. The Labute approximate surface area is 212 Å². The van der Waals surface area contributed by atoms with E-state index in [1.54, 1.807) is 12.1 Å². The molecular formula is C26H25BrCl2N2O2. The number of fused-ring (bicyclic) bond motifs is 1. The zero-order valence-corrected chi connectivity index (χ0v) is 21.6. The Morgan fingerprint density at radius 1 is 1.03 bits per heavy atom. The summed E-state index contributed by atoms with van der Waals surface area (Å²) in [6.07, 6.45) is 2.30. The van der Waals surface area contributed by atoms with Gasteiger partial charge in [-0.25, -0.2) is 0 Å². The molecule has 0 aromatic heterocycles. The number of rotatable bonds is 7. The van der Waals surface area contributed by atoms with E-state index in [4.69, 9.17) is 23.2 Å². The largest absolute Gasteiger partial charge is 0.353 e. The van der Waals surface area contributed by atoms with Crippen molar-refractivity contribution >= 4 is 61.7 Å². The van der Waals surface area contributed by atoms with Gasteiger partial charge < -0.3 is 10.6 Å². The molecule has 172 valence electrons. The molecule has 1 aliphatic carbocycles. The third-order valence-corrected chi connectivity index (χ3v) is 8.09. The van der Waals surface area contributed by atoms with Crippen LogP contribution in [0.3, 0.4) is 0 Å². The van der Waals surface area contributed by atoms with E-state index in [1.165, 1.54) is 0 Å². The predicted octanol–water partition coefficient (Wildman–Crippen LogP) is 6.71. The van der Waals surface area contributed by atoms with Gasteiger partial charge in [0, 0.05) is 29.4 Å². The quantitative estimate of drug-likeness (QED) is 0.345. The zero-order valence-electron chi connectivity index (χ0n) is 18.5. The number of hydrogen-bond donors (Lipinski definition) is 2. The van der Waals surface area contributed by atoms with E-state index in [9.17, 15) is 9.59 Å². The lowest BCUT2D eigenvalue weighted by molar-refractivity contribution is -0.121. The summed E-state index contributed by atoms with van der Waals surface area (Å²) in [6.45, 7) is 4.28. The highest BCUT2D eigenvalue weighted by Crippen LogP contribution is 2.34. The third kappa shape index (κ3) is 5.37. The Morgan fingerprint density at radius 3 is 2.39 bits per heavy atom.